The number of hydrogen-bond acceptors (Lipinski definition) is 4. The van der Waals surface area contributed by atoms with Crippen LogP contribution in [0.3, 0.4) is 0 Å². The lowest BCUT2D eigenvalue weighted by molar-refractivity contribution is 0.0927. The Hall–Kier alpha value is -2.95. The van der Waals surface area contributed by atoms with Crippen LogP contribution in [0.5, 0.6) is 0 Å². The third-order valence-corrected chi connectivity index (χ3v) is 4.19. The van der Waals surface area contributed by atoms with Gasteiger partial charge in [0.05, 0.1) is 23.6 Å². The van der Waals surface area contributed by atoms with Gasteiger partial charge in [-0.1, -0.05) is 6.08 Å². The zero-order valence-electron chi connectivity index (χ0n) is 13.0. The van der Waals surface area contributed by atoms with Crippen molar-refractivity contribution in [2.24, 2.45) is 0 Å². The van der Waals surface area contributed by atoms with E-state index in [1.54, 1.807) is 12.4 Å². The van der Waals surface area contributed by atoms with Gasteiger partial charge < -0.3 is 4.90 Å². The molecule has 0 fully saturated rings. The smallest absolute Gasteiger partial charge is 0.244 e. The van der Waals surface area contributed by atoms with Crippen molar-refractivity contribution in [2.75, 3.05) is 11.4 Å². The first-order chi connectivity index (χ1) is 11.1. The number of carbonyl (C=O) groups is 1. The Morgan fingerprint density at radius 3 is 2.87 bits per heavy atom. The lowest BCUT2D eigenvalue weighted by Gasteiger charge is -2.22. The van der Waals surface area contributed by atoms with E-state index in [1.165, 1.54) is 22.4 Å². The Morgan fingerprint density at radius 1 is 1.22 bits per heavy atom. The largest absolute Gasteiger partial charge is 0.342 e. The molecule has 1 aromatic carbocycles. The Morgan fingerprint density at radius 2 is 2.09 bits per heavy atom. The first kappa shape index (κ1) is 13.7. The number of pyridine rings is 1. The van der Waals surface area contributed by atoms with Gasteiger partial charge in [-0.2, -0.15) is 5.10 Å². The van der Waals surface area contributed by atoms with E-state index in [-0.39, 0.29) is 5.91 Å². The highest BCUT2D eigenvalue weighted by Crippen LogP contribution is 2.19. The molecule has 0 bridgehead atoms. The van der Waals surface area contributed by atoms with Gasteiger partial charge in [0.15, 0.2) is 0 Å². The first-order valence-electron chi connectivity index (χ1n) is 7.51. The fourth-order valence-corrected chi connectivity index (χ4v) is 2.99. The minimum absolute atomic E-state index is 0.0836. The summed E-state index contributed by atoms with van der Waals surface area (Å²) in [5.74, 6) is -0.0836. The predicted octanol–water partition coefficient (Wildman–Crippen LogP) is 1.44. The molecule has 0 aliphatic carbocycles. The van der Waals surface area contributed by atoms with Crippen molar-refractivity contribution in [3.05, 3.63) is 52.8 Å². The van der Waals surface area contributed by atoms with Crippen molar-refractivity contribution >= 4 is 34.8 Å². The van der Waals surface area contributed by atoms with Crippen molar-refractivity contribution < 1.29 is 4.79 Å². The topological polar surface area (TPSA) is 51.0 Å². The molecule has 2 aromatic heterocycles. The Kier molecular flexibility index (Phi) is 3.01. The standard InChI is InChI=1S/C18H16N4O/c1-12-3-5-19-10-18(12)21-6-4-14-7-15-9-20-22(13(2)23)17(15)8-16(14)11-21/h3-5,7-11H,6H2,1-2H3. The minimum atomic E-state index is -0.0836. The molecule has 3 heterocycles. The van der Waals surface area contributed by atoms with Gasteiger partial charge in [-0.3, -0.25) is 9.78 Å². The molecule has 1 aliphatic heterocycles. The molecule has 0 radical (unpaired) electrons. The summed E-state index contributed by atoms with van der Waals surface area (Å²) in [6, 6.07) is 6.11. The summed E-state index contributed by atoms with van der Waals surface area (Å²) in [5, 5.41) is 7.40. The van der Waals surface area contributed by atoms with Crippen LogP contribution in [0.15, 0.2) is 36.8 Å². The second kappa shape index (κ2) is 5.05. The minimum Gasteiger partial charge on any atom is -0.342 e. The van der Waals surface area contributed by atoms with Gasteiger partial charge >= 0.3 is 0 Å². The van der Waals surface area contributed by atoms with Crippen LogP contribution < -0.4 is 15.3 Å². The van der Waals surface area contributed by atoms with Gasteiger partial charge in [-0.15, -0.1) is 0 Å². The van der Waals surface area contributed by atoms with Crippen LogP contribution in [0.1, 0.15) is 17.3 Å². The van der Waals surface area contributed by atoms with Crippen molar-refractivity contribution in [3.8, 4) is 0 Å². The highest BCUT2D eigenvalue weighted by Gasteiger charge is 2.11. The maximum atomic E-state index is 11.7. The Balaban J connectivity index is 1.91. The highest BCUT2D eigenvalue weighted by atomic mass is 16.2. The van der Waals surface area contributed by atoms with Gasteiger partial charge in [-0.05, 0) is 41.1 Å². The van der Waals surface area contributed by atoms with E-state index in [4.69, 9.17) is 0 Å². The molecule has 5 heteroatoms. The van der Waals surface area contributed by atoms with E-state index < -0.39 is 0 Å². The number of nitrogens with zero attached hydrogens (tertiary/aromatic N) is 4. The zero-order chi connectivity index (χ0) is 16.0. The summed E-state index contributed by atoms with van der Waals surface area (Å²) in [5.41, 5.74) is 3.11. The maximum absolute atomic E-state index is 11.7. The van der Waals surface area contributed by atoms with Crippen molar-refractivity contribution in [1.29, 1.82) is 0 Å². The Bertz CT molecular complexity index is 1050. The summed E-state index contributed by atoms with van der Waals surface area (Å²) < 4.78 is 1.44. The molecule has 0 N–H and O–H groups in total. The van der Waals surface area contributed by atoms with Crippen LogP contribution in [0.4, 0.5) is 5.69 Å². The fraction of sp³-hybridized carbons (Fsp3) is 0.167. The molecule has 0 spiro atoms. The van der Waals surface area contributed by atoms with Crippen LogP contribution >= 0.6 is 0 Å². The zero-order valence-corrected chi connectivity index (χ0v) is 13.0. The summed E-state index contributed by atoms with van der Waals surface area (Å²) in [6.45, 7) is 4.40. The van der Waals surface area contributed by atoms with Gasteiger partial charge in [0, 0.05) is 31.3 Å². The molecule has 5 nitrogen and oxygen atoms in total. The van der Waals surface area contributed by atoms with E-state index in [0.717, 1.165) is 28.4 Å². The molecule has 0 saturated heterocycles. The number of rotatable bonds is 1. The number of aryl methyl sites for hydroxylation is 1. The number of hydrogen-bond donors (Lipinski definition) is 0. The molecule has 0 atom stereocenters. The van der Waals surface area contributed by atoms with Gasteiger partial charge in [0.2, 0.25) is 5.91 Å². The van der Waals surface area contributed by atoms with E-state index in [2.05, 4.69) is 40.2 Å². The quantitative estimate of drug-likeness (QED) is 0.682. The SMILES string of the molecule is CC(=O)n1ncc2cc3c(cc21)=CN(c1cnccc1C)CC=3. The summed E-state index contributed by atoms with van der Waals surface area (Å²) in [4.78, 5) is 18.1. The van der Waals surface area contributed by atoms with E-state index in [9.17, 15) is 4.79 Å². The van der Waals surface area contributed by atoms with Gasteiger partial charge in [-0.25, -0.2) is 4.68 Å². The molecule has 1 aliphatic rings. The molecule has 0 saturated carbocycles. The average molecular weight is 304 g/mol. The predicted molar refractivity (Wildman–Crippen MR) is 90.5 cm³/mol. The van der Waals surface area contributed by atoms with E-state index >= 15 is 0 Å². The van der Waals surface area contributed by atoms with E-state index in [0.29, 0.717) is 0 Å². The molecule has 4 rings (SSSR count). The second-order valence-corrected chi connectivity index (χ2v) is 5.76. The van der Waals surface area contributed by atoms with Crippen LogP contribution in [0.25, 0.3) is 23.2 Å². The molecule has 23 heavy (non-hydrogen) atoms. The number of benzene rings is 1. The lowest BCUT2D eigenvalue weighted by Crippen LogP contribution is -2.35. The fourth-order valence-electron chi connectivity index (χ4n) is 2.99. The second-order valence-electron chi connectivity index (χ2n) is 5.76. The Labute approximate surface area is 133 Å². The third-order valence-electron chi connectivity index (χ3n) is 4.19. The molecule has 3 aromatic rings. The summed E-state index contributed by atoms with van der Waals surface area (Å²) in [6.07, 6.45) is 9.71. The number of fused-ring (bicyclic) bond motifs is 2. The van der Waals surface area contributed by atoms with Crippen LogP contribution in [-0.4, -0.2) is 27.2 Å². The van der Waals surface area contributed by atoms with Crippen LogP contribution in [-0.2, 0) is 0 Å². The monoisotopic (exact) mass is 304 g/mol. The maximum Gasteiger partial charge on any atom is 0.244 e. The summed E-state index contributed by atoms with van der Waals surface area (Å²) >= 11 is 0. The molecule has 114 valence electrons. The summed E-state index contributed by atoms with van der Waals surface area (Å²) in [7, 11) is 0. The van der Waals surface area contributed by atoms with E-state index in [1.807, 2.05) is 18.3 Å². The van der Waals surface area contributed by atoms with Gasteiger partial charge in [0.25, 0.3) is 0 Å². The highest BCUT2D eigenvalue weighted by molar-refractivity contribution is 5.90. The molecular weight excluding hydrogens is 288 g/mol. The first-order valence-corrected chi connectivity index (χ1v) is 7.51. The van der Waals surface area contributed by atoms with Crippen LogP contribution in [0.2, 0.25) is 0 Å². The van der Waals surface area contributed by atoms with Crippen molar-refractivity contribution in [2.45, 2.75) is 13.8 Å². The molecular formula is C18H16N4O. The number of anilines is 1. The normalized spacial score (nSPS) is 13.4. The van der Waals surface area contributed by atoms with Crippen molar-refractivity contribution in [1.82, 2.24) is 14.8 Å². The number of aromatic nitrogens is 3. The molecule has 0 unspecified atom stereocenters. The lowest BCUT2D eigenvalue weighted by atomic mass is 10.1. The average Bonchev–Trinajstić information content (AvgIpc) is 2.95. The van der Waals surface area contributed by atoms with Gasteiger partial charge in [0.1, 0.15) is 0 Å². The van der Waals surface area contributed by atoms with Crippen molar-refractivity contribution in [3.63, 3.8) is 0 Å². The molecule has 0 amide bonds. The number of carbonyl (C=O) groups excluding carboxylic acids is 1. The van der Waals surface area contributed by atoms with Crippen LogP contribution in [0, 0.1) is 6.92 Å². The third kappa shape index (κ3) is 2.21.